The molecule has 1 rings (SSSR count). The van der Waals surface area contributed by atoms with Crippen LogP contribution in [0.3, 0.4) is 0 Å². The molecule has 1 atom stereocenters. The molecule has 104 valence electrons. The van der Waals surface area contributed by atoms with Crippen LogP contribution >= 0.6 is 0 Å². The molecular weight excluding hydrogens is 232 g/mol. The zero-order valence-electron chi connectivity index (χ0n) is 11.8. The minimum atomic E-state index is -0.450. The fourth-order valence-corrected chi connectivity index (χ4v) is 1.95. The number of nitrogens with zero attached hydrogens (tertiary/aromatic N) is 1. The van der Waals surface area contributed by atoms with E-state index in [9.17, 15) is 9.59 Å². The number of amides is 2. The molecule has 1 heterocycles. The number of rotatable bonds is 4. The predicted octanol–water partition coefficient (Wildman–Crippen LogP) is 0.786. The van der Waals surface area contributed by atoms with Gasteiger partial charge < -0.3 is 15.0 Å². The van der Waals surface area contributed by atoms with E-state index in [4.69, 9.17) is 4.74 Å². The summed E-state index contributed by atoms with van der Waals surface area (Å²) in [6.45, 7) is 9.99. The van der Waals surface area contributed by atoms with Crippen LogP contribution in [0.5, 0.6) is 0 Å². The van der Waals surface area contributed by atoms with E-state index in [1.165, 1.54) is 0 Å². The number of ether oxygens (including phenoxy) is 1. The molecular formula is C13H24N2O3. The summed E-state index contributed by atoms with van der Waals surface area (Å²) in [4.78, 5) is 25.8. The SMILES string of the molecule is CCOCCN1CCC(=O)NC(C(C)(C)C)C1=O. The van der Waals surface area contributed by atoms with Crippen molar-refractivity contribution in [3.05, 3.63) is 0 Å². The Morgan fingerprint density at radius 2 is 2.06 bits per heavy atom. The molecule has 18 heavy (non-hydrogen) atoms. The van der Waals surface area contributed by atoms with E-state index < -0.39 is 6.04 Å². The summed E-state index contributed by atoms with van der Waals surface area (Å²) in [5.41, 5.74) is -0.277. The van der Waals surface area contributed by atoms with Crippen LogP contribution in [0.1, 0.15) is 34.1 Å². The molecule has 0 saturated carbocycles. The first-order chi connectivity index (χ1) is 8.36. The number of carbonyl (C=O) groups is 2. The van der Waals surface area contributed by atoms with Gasteiger partial charge in [0.2, 0.25) is 11.8 Å². The third kappa shape index (κ3) is 3.98. The van der Waals surface area contributed by atoms with Gasteiger partial charge in [0.25, 0.3) is 0 Å². The Kier molecular flexibility index (Phi) is 5.14. The van der Waals surface area contributed by atoms with Crippen molar-refractivity contribution in [2.45, 2.75) is 40.2 Å². The molecule has 1 fully saturated rings. The first kappa shape index (κ1) is 15.0. The normalized spacial score (nSPS) is 21.8. The van der Waals surface area contributed by atoms with Gasteiger partial charge in [0.15, 0.2) is 0 Å². The molecule has 1 unspecified atom stereocenters. The van der Waals surface area contributed by atoms with E-state index in [-0.39, 0.29) is 17.2 Å². The zero-order chi connectivity index (χ0) is 13.8. The van der Waals surface area contributed by atoms with Gasteiger partial charge in [-0.25, -0.2) is 0 Å². The van der Waals surface area contributed by atoms with E-state index in [1.807, 2.05) is 27.7 Å². The van der Waals surface area contributed by atoms with Gasteiger partial charge in [0.05, 0.1) is 6.61 Å². The monoisotopic (exact) mass is 256 g/mol. The predicted molar refractivity (Wildman–Crippen MR) is 69.1 cm³/mol. The van der Waals surface area contributed by atoms with Crippen LogP contribution in [-0.4, -0.2) is 49.1 Å². The lowest BCUT2D eigenvalue weighted by Gasteiger charge is -2.32. The highest BCUT2D eigenvalue weighted by Crippen LogP contribution is 2.22. The maximum absolute atomic E-state index is 12.4. The maximum atomic E-state index is 12.4. The first-order valence-electron chi connectivity index (χ1n) is 6.52. The van der Waals surface area contributed by atoms with Crippen LogP contribution in [0.2, 0.25) is 0 Å². The van der Waals surface area contributed by atoms with Crippen molar-refractivity contribution in [3.8, 4) is 0 Å². The van der Waals surface area contributed by atoms with Gasteiger partial charge in [-0.3, -0.25) is 9.59 Å². The molecule has 5 heteroatoms. The lowest BCUT2D eigenvalue weighted by atomic mass is 9.86. The topological polar surface area (TPSA) is 58.6 Å². The second-order valence-electron chi connectivity index (χ2n) is 5.64. The van der Waals surface area contributed by atoms with Gasteiger partial charge in [0.1, 0.15) is 6.04 Å². The van der Waals surface area contributed by atoms with Crippen molar-refractivity contribution in [1.82, 2.24) is 10.2 Å². The number of hydrogen-bond donors (Lipinski definition) is 1. The molecule has 0 radical (unpaired) electrons. The molecule has 2 amide bonds. The Morgan fingerprint density at radius 3 is 2.61 bits per heavy atom. The third-order valence-corrected chi connectivity index (χ3v) is 3.05. The van der Waals surface area contributed by atoms with Crippen LogP contribution in [0.15, 0.2) is 0 Å². The van der Waals surface area contributed by atoms with Crippen LogP contribution < -0.4 is 5.32 Å². The minimum absolute atomic E-state index is 0.00643. The molecule has 1 N–H and O–H groups in total. The van der Waals surface area contributed by atoms with Crippen molar-refractivity contribution in [2.75, 3.05) is 26.3 Å². The highest BCUT2D eigenvalue weighted by Gasteiger charge is 2.37. The highest BCUT2D eigenvalue weighted by molar-refractivity contribution is 5.90. The number of carbonyl (C=O) groups excluding carboxylic acids is 2. The van der Waals surface area contributed by atoms with Gasteiger partial charge in [-0.2, -0.15) is 0 Å². The summed E-state index contributed by atoms with van der Waals surface area (Å²) in [5.74, 6) is -0.0600. The fraction of sp³-hybridized carbons (Fsp3) is 0.846. The van der Waals surface area contributed by atoms with Gasteiger partial charge in [-0.1, -0.05) is 20.8 Å². The summed E-state index contributed by atoms with van der Waals surface area (Å²) >= 11 is 0. The molecule has 1 aliphatic rings. The van der Waals surface area contributed by atoms with Gasteiger partial charge >= 0.3 is 0 Å². The van der Waals surface area contributed by atoms with Crippen LogP contribution in [0, 0.1) is 5.41 Å². The molecule has 5 nitrogen and oxygen atoms in total. The van der Waals surface area contributed by atoms with Gasteiger partial charge in [-0.05, 0) is 12.3 Å². The zero-order valence-corrected chi connectivity index (χ0v) is 11.8. The number of nitrogens with one attached hydrogen (secondary N) is 1. The Morgan fingerprint density at radius 1 is 1.39 bits per heavy atom. The van der Waals surface area contributed by atoms with Crippen LogP contribution in [-0.2, 0) is 14.3 Å². The standard InChI is InChI=1S/C13H24N2O3/c1-5-18-9-8-15-7-6-10(16)14-11(12(15)17)13(2,3)4/h11H,5-9H2,1-4H3,(H,14,16). The second kappa shape index (κ2) is 6.18. The minimum Gasteiger partial charge on any atom is -0.380 e. The van der Waals surface area contributed by atoms with E-state index >= 15 is 0 Å². The maximum Gasteiger partial charge on any atom is 0.245 e. The lowest BCUT2D eigenvalue weighted by molar-refractivity contribution is -0.137. The van der Waals surface area contributed by atoms with Gasteiger partial charge in [0, 0.05) is 26.1 Å². The molecule has 0 aromatic carbocycles. The average Bonchev–Trinajstić information content (AvgIpc) is 2.41. The molecule has 1 aliphatic heterocycles. The summed E-state index contributed by atoms with van der Waals surface area (Å²) in [6.07, 6.45) is 0.366. The van der Waals surface area contributed by atoms with E-state index in [0.29, 0.717) is 32.7 Å². The van der Waals surface area contributed by atoms with Crippen LogP contribution in [0.4, 0.5) is 0 Å². The van der Waals surface area contributed by atoms with E-state index in [1.54, 1.807) is 4.90 Å². The quantitative estimate of drug-likeness (QED) is 0.756. The molecule has 0 aromatic rings. The first-order valence-corrected chi connectivity index (χ1v) is 6.52. The van der Waals surface area contributed by atoms with Crippen molar-refractivity contribution < 1.29 is 14.3 Å². The summed E-state index contributed by atoms with van der Waals surface area (Å²) in [7, 11) is 0. The molecule has 0 aliphatic carbocycles. The van der Waals surface area contributed by atoms with Crippen molar-refractivity contribution in [3.63, 3.8) is 0 Å². The average molecular weight is 256 g/mol. The Balaban J connectivity index is 2.73. The van der Waals surface area contributed by atoms with Gasteiger partial charge in [-0.15, -0.1) is 0 Å². The smallest absolute Gasteiger partial charge is 0.245 e. The summed E-state index contributed by atoms with van der Waals surface area (Å²) in [6, 6.07) is -0.450. The summed E-state index contributed by atoms with van der Waals surface area (Å²) in [5, 5.41) is 2.82. The Labute approximate surface area is 109 Å². The molecule has 1 saturated heterocycles. The van der Waals surface area contributed by atoms with Crippen molar-refractivity contribution in [2.24, 2.45) is 5.41 Å². The van der Waals surface area contributed by atoms with Crippen molar-refractivity contribution >= 4 is 11.8 Å². The Bertz CT molecular complexity index is 310. The van der Waals surface area contributed by atoms with Crippen LogP contribution in [0.25, 0.3) is 0 Å². The largest absolute Gasteiger partial charge is 0.380 e. The van der Waals surface area contributed by atoms with Crippen molar-refractivity contribution in [1.29, 1.82) is 0 Å². The number of hydrogen-bond acceptors (Lipinski definition) is 3. The third-order valence-electron chi connectivity index (χ3n) is 3.05. The lowest BCUT2D eigenvalue weighted by Crippen LogP contribution is -2.52. The summed E-state index contributed by atoms with van der Waals surface area (Å²) < 4.78 is 5.27. The molecule has 0 spiro atoms. The Hall–Kier alpha value is -1.10. The molecule has 0 bridgehead atoms. The van der Waals surface area contributed by atoms with E-state index in [2.05, 4.69) is 5.32 Å². The second-order valence-corrected chi connectivity index (χ2v) is 5.64. The molecule has 0 aromatic heterocycles. The fourth-order valence-electron chi connectivity index (χ4n) is 1.95. The van der Waals surface area contributed by atoms with E-state index in [0.717, 1.165) is 0 Å². The highest BCUT2D eigenvalue weighted by atomic mass is 16.5.